The minimum atomic E-state index is -0.324. The van der Waals surface area contributed by atoms with Gasteiger partial charge in [0.1, 0.15) is 5.82 Å². The largest absolute Gasteiger partial charge is 0.305 e. The van der Waals surface area contributed by atoms with Gasteiger partial charge in [0.25, 0.3) is 0 Å². The van der Waals surface area contributed by atoms with E-state index in [2.05, 4.69) is 0 Å². The van der Waals surface area contributed by atoms with E-state index in [1.165, 1.54) is 6.07 Å². The monoisotopic (exact) mass is 137 g/mol. The summed E-state index contributed by atoms with van der Waals surface area (Å²) >= 11 is 0. The molecule has 1 nitrogen and oxygen atoms in total. The first-order valence-corrected chi connectivity index (χ1v) is 3.02. The molecule has 0 atom stereocenters. The number of nitrogens with one attached hydrogen (secondary N) is 1. The zero-order valence-corrected chi connectivity index (χ0v) is 5.69. The zero-order chi connectivity index (χ0) is 7.56. The molecule has 0 aromatic heterocycles. The average Bonchev–Trinajstić information content (AvgIpc) is 1.88. The third-order valence-electron chi connectivity index (χ3n) is 1.28. The van der Waals surface area contributed by atoms with Crippen LogP contribution in [0.25, 0.3) is 0 Å². The standard InChI is InChI=1S/C8H8FN/c1-6(10)7-4-2-3-5-8(7)9/h2-5,10H,1H3. The van der Waals surface area contributed by atoms with E-state index < -0.39 is 0 Å². The zero-order valence-electron chi connectivity index (χ0n) is 5.69. The van der Waals surface area contributed by atoms with E-state index in [1.807, 2.05) is 0 Å². The Morgan fingerprint density at radius 3 is 2.40 bits per heavy atom. The maximum absolute atomic E-state index is 12.7. The van der Waals surface area contributed by atoms with E-state index in [4.69, 9.17) is 5.41 Å². The summed E-state index contributed by atoms with van der Waals surface area (Å²) in [5, 5.41) is 7.14. The van der Waals surface area contributed by atoms with Crippen LogP contribution in [0.1, 0.15) is 12.5 Å². The molecule has 2 heteroatoms. The molecule has 52 valence electrons. The molecule has 0 spiro atoms. The summed E-state index contributed by atoms with van der Waals surface area (Å²) in [5.41, 5.74) is 0.639. The Balaban J connectivity index is 3.15. The van der Waals surface area contributed by atoms with Crippen molar-refractivity contribution in [3.63, 3.8) is 0 Å². The van der Waals surface area contributed by atoms with Crippen molar-refractivity contribution in [2.75, 3.05) is 0 Å². The molecule has 0 heterocycles. The lowest BCUT2D eigenvalue weighted by Crippen LogP contribution is -1.95. The molecule has 0 saturated heterocycles. The summed E-state index contributed by atoms with van der Waals surface area (Å²) in [6, 6.07) is 6.28. The van der Waals surface area contributed by atoms with Crippen LogP contribution in [0, 0.1) is 11.2 Å². The van der Waals surface area contributed by atoms with E-state index in [9.17, 15) is 4.39 Å². The number of benzene rings is 1. The van der Waals surface area contributed by atoms with Crippen molar-refractivity contribution in [3.8, 4) is 0 Å². The van der Waals surface area contributed by atoms with Crippen LogP contribution in [0.3, 0.4) is 0 Å². The lowest BCUT2D eigenvalue weighted by atomic mass is 10.1. The Morgan fingerprint density at radius 1 is 1.40 bits per heavy atom. The number of halogens is 1. The van der Waals surface area contributed by atoms with E-state index in [-0.39, 0.29) is 11.5 Å². The Morgan fingerprint density at radius 2 is 2.00 bits per heavy atom. The normalized spacial score (nSPS) is 9.40. The number of rotatable bonds is 1. The molecular weight excluding hydrogens is 129 g/mol. The molecule has 0 aliphatic heterocycles. The van der Waals surface area contributed by atoms with Crippen molar-refractivity contribution in [1.29, 1.82) is 5.41 Å². The summed E-state index contributed by atoms with van der Waals surface area (Å²) in [6.07, 6.45) is 0. The van der Waals surface area contributed by atoms with E-state index in [0.717, 1.165) is 0 Å². The first-order valence-electron chi connectivity index (χ1n) is 3.02. The Bertz CT molecular complexity index is 255. The van der Waals surface area contributed by atoms with Gasteiger partial charge >= 0.3 is 0 Å². The molecule has 1 aromatic rings. The summed E-state index contributed by atoms with van der Waals surface area (Å²) < 4.78 is 12.7. The van der Waals surface area contributed by atoms with Crippen molar-refractivity contribution in [2.24, 2.45) is 0 Å². The first kappa shape index (κ1) is 6.93. The van der Waals surface area contributed by atoms with Gasteiger partial charge < -0.3 is 5.41 Å². The molecular formula is C8H8FN. The molecule has 0 aliphatic carbocycles. The minimum Gasteiger partial charge on any atom is -0.305 e. The van der Waals surface area contributed by atoms with Crippen molar-refractivity contribution >= 4 is 5.71 Å². The molecule has 1 rings (SSSR count). The van der Waals surface area contributed by atoms with Crippen LogP contribution in [0.5, 0.6) is 0 Å². The first-order chi connectivity index (χ1) is 4.72. The lowest BCUT2D eigenvalue weighted by molar-refractivity contribution is 0.625. The molecule has 1 aromatic carbocycles. The van der Waals surface area contributed by atoms with Gasteiger partial charge in [-0.05, 0) is 13.0 Å². The molecule has 10 heavy (non-hydrogen) atoms. The third-order valence-corrected chi connectivity index (χ3v) is 1.28. The second kappa shape index (κ2) is 2.60. The summed E-state index contributed by atoms with van der Waals surface area (Å²) in [4.78, 5) is 0. The van der Waals surface area contributed by atoms with Crippen LogP contribution in [0.15, 0.2) is 24.3 Å². The molecule has 0 saturated carbocycles. The molecule has 0 unspecified atom stereocenters. The van der Waals surface area contributed by atoms with Gasteiger partial charge in [-0.25, -0.2) is 4.39 Å². The fourth-order valence-corrected chi connectivity index (χ4v) is 0.765. The highest BCUT2D eigenvalue weighted by molar-refractivity contribution is 5.96. The fraction of sp³-hybridized carbons (Fsp3) is 0.125. The van der Waals surface area contributed by atoms with Gasteiger partial charge in [0.2, 0.25) is 0 Å². The molecule has 0 aliphatic rings. The lowest BCUT2D eigenvalue weighted by Gasteiger charge is -1.97. The van der Waals surface area contributed by atoms with Crippen molar-refractivity contribution in [1.82, 2.24) is 0 Å². The second-order valence-corrected chi connectivity index (χ2v) is 2.10. The molecule has 0 amide bonds. The number of hydrogen-bond acceptors (Lipinski definition) is 1. The third kappa shape index (κ3) is 1.21. The van der Waals surface area contributed by atoms with Crippen molar-refractivity contribution < 1.29 is 4.39 Å². The van der Waals surface area contributed by atoms with Gasteiger partial charge in [-0.3, -0.25) is 0 Å². The van der Waals surface area contributed by atoms with Gasteiger partial charge in [-0.15, -0.1) is 0 Å². The molecule has 0 radical (unpaired) electrons. The summed E-state index contributed by atoms with van der Waals surface area (Å²) in [6.45, 7) is 1.57. The van der Waals surface area contributed by atoms with E-state index in [0.29, 0.717) is 5.56 Å². The molecule has 0 fully saturated rings. The van der Waals surface area contributed by atoms with E-state index in [1.54, 1.807) is 25.1 Å². The second-order valence-electron chi connectivity index (χ2n) is 2.10. The van der Waals surface area contributed by atoms with Crippen LogP contribution in [-0.2, 0) is 0 Å². The van der Waals surface area contributed by atoms with Crippen LogP contribution < -0.4 is 0 Å². The van der Waals surface area contributed by atoms with Crippen LogP contribution in [0.4, 0.5) is 4.39 Å². The summed E-state index contributed by atoms with van der Waals surface area (Å²) in [5.74, 6) is -0.324. The highest BCUT2D eigenvalue weighted by Gasteiger charge is 1.99. The maximum atomic E-state index is 12.7. The predicted molar refractivity (Wildman–Crippen MR) is 38.9 cm³/mol. The molecule has 1 N–H and O–H groups in total. The Hall–Kier alpha value is -1.18. The quantitative estimate of drug-likeness (QED) is 0.574. The highest BCUT2D eigenvalue weighted by Crippen LogP contribution is 2.05. The average molecular weight is 137 g/mol. The van der Waals surface area contributed by atoms with Crippen molar-refractivity contribution in [3.05, 3.63) is 35.6 Å². The van der Waals surface area contributed by atoms with Gasteiger partial charge in [0, 0.05) is 11.3 Å². The van der Waals surface area contributed by atoms with Gasteiger partial charge in [0.05, 0.1) is 0 Å². The van der Waals surface area contributed by atoms with Gasteiger partial charge in [0.15, 0.2) is 0 Å². The molecule has 0 bridgehead atoms. The van der Waals surface area contributed by atoms with Crippen LogP contribution >= 0.6 is 0 Å². The highest BCUT2D eigenvalue weighted by atomic mass is 19.1. The Labute approximate surface area is 59.0 Å². The van der Waals surface area contributed by atoms with E-state index >= 15 is 0 Å². The maximum Gasteiger partial charge on any atom is 0.132 e. The minimum absolute atomic E-state index is 0.262. The van der Waals surface area contributed by atoms with Gasteiger partial charge in [-0.2, -0.15) is 0 Å². The smallest absolute Gasteiger partial charge is 0.132 e. The topological polar surface area (TPSA) is 23.9 Å². The summed E-state index contributed by atoms with van der Waals surface area (Å²) in [7, 11) is 0. The van der Waals surface area contributed by atoms with Crippen molar-refractivity contribution in [2.45, 2.75) is 6.92 Å². The van der Waals surface area contributed by atoms with Crippen LogP contribution in [0.2, 0.25) is 0 Å². The van der Waals surface area contributed by atoms with Gasteiger partial charge in [-0.1, -0.05) is 18.2 Å². The number of hydrogen-bond donors (Lipinski definition) is 1. The predicted octanol–water partition coefficient (Wildman–Crippen LogP) is 2.21. The van der Waals surface area contributed by atoms with Crippen LogP contribution in [-0.4, -0.2) is 5.71 Å². The fourth-order valence-electron chi connectivity index (χ4n) is 0.765. The Kier molecular flexibility index (Phi) is 1.81. The SMILES string of the molecule is CC(=N)c1ccccc1F.